The number of aromatic nitrogens is 3. The van der Waals surface area contributed by atoms with Gasteiger partial charge in [-0.05, 0) is 113 Å². The number of esters is 1. The van der Waals surface area contributed by atoms with Gasteiger partial charge < -0.3 is 33.7 Å². The van der Waals surface area contributed by atoms with E-state index in [4.69, 9.17) is 19.4 Å². The number of likely N-dealkylation sites (N-methyl/N-ethyl adjacent to an activating group) is 1. The first-order chi connectivity index (χ1) is 36.9. The first-order valence-electron chi connectivity index (χ1n) is 27.3. The number of thiazole rings is 1. The Kier molecular flexibility index (Phi) is 15.8. The van der Waals surface area contributed by atoms with Crippen molar-refractivity contribution in [2.24, 2.45) is 23.2 Å². The standard InChI is InChI=1S/C58H73N9O8S2/c1-10-65-46-22-19-37-27-41(46)42(51(65)40-13-11-24-59-48(40)35(5)74-9)29-58(6,7)32-75-57(72)43-14-12-25-66(62-43)55(70)44(28-47-60-45(37)31-76-47)61-53(68)49(33(2)3)63(8)54(69)38-23-26-64(30-38)56(71)52-50(36-17-18-36)67(52)77(73)39-20-15-34(4)16-21-39/h11,13,15-16,19-22,24,27,31,33,35-36,38,43-44,49-50,52,62H,10,12,14,17-18,23,25-26,28-30,32H2,1-9H3,(H,61,68)/t35-,38+,43-,44-,49-,50+,52+,67?,77+/m0/s1. The summed E-state index contributed by atoms with van der Waals surface area (Å²) in [4.78, 5) is 86.1. The first-order valence-corrected chi connectivity index (χ1v) is 29.3. The summed E-state index contributed by atoms with van der Waals surface area (Å²) < 4.78 is 29.9. The van der Waals surface area contributed by atoms with E-state index in [0.29, 0.717) is 61.1 Å². The van der Waals surface area contributed by atoms with Crippen LogP contribution in [0.5, 0.6) is 0 Å². The molecule has 9 atom stereocenters. The zero-order valence-electron chi connectivity index (χ0n) is 45.7. The number of pyridine rings is 1. The molecule has 1 unspecified atom stereocenters. The number of hydrazine groups is 1. The zero-order chi connectivity index (χ0) is 54.6. The van der Waals surface area contributed by atoms with Crippen molar-refractivity contribution in [2.75, 3.05) is 40.4 Å². The van der Waals surface area contributed by atoms with E-state index in [0.717, 1.165) is 63.1 Å². The molecule has 0 spiro atoms. The second kappa shape index (κ2) is 22.2. The van der Waals surface area contributed by atoms with E-state index >= 15 is 0 Å². The predicted molar refractivity (Wildman–Crippen MR) is 295 cm³/mol. The van der Waals surface area contributed by atoms with E-state index in [1.807, 2.05) is 67.7 Å². The van der Waals surface area contributed by atoms with Crippen molar-refractivity contribution in [3.63, 3.8) is 0 Å². The average Bonchev–Trinajstić information content (AvgIpc) is 4.45. The van der Waals surface area contributed by atoms with Gasteiger partial charge in [-0.15, -0.1) is 15.6 Å². The van der Waals surface area contributed by atoms with Crippen LogP contribution in [-0.4, -0.2) is 138 Å². The number of cyclic esters (lactones) is 1. The third-order valence-electron chi connectivity index (χ3n) is 16.2. The third-order valence-corrected chi connectivity index (χ3v) is 18.6. The molecule has 3 saturated heterocycles. The Bertz CT molecular complexity index is 3050. The lowest BCUT2D eigenvalue weighted by molar-refractivity contribution is -0.155. The first kappa shape index (κ1) is 54.6. The van der Waals surface area contributed by atoms with Gasteiger partial charge in [-0.1, -0.05) is 51.5 Å². The van der Waals surface area contributed by atoms with Crippen LogP contribution < -0.4 is 10.7 Å². The SMILES string of the molecule is CCn1c(-c2cccnc2[C@H](C)OC)c2c3cc(ccc31)-c1csc(n1)C[C@H](NC(=O)[C@H](C(C)C)N(C)C(=O)[C@@H]1CCN(C(=O)[C@H]3[C@@H](C4CC4)N3[S@+]([O-])c3ccc(C)cc3)C1)C(=O)N1CCC[C@H](N1)C(=O)OCC(C)(C)C2. The quantitative estimate of drug-likeness (QED) is 0.0696. The number of carbonyl (C=O) groups excluding carboxylic acids is 5. The molecule has 4 amide bonds. The molecule has 2 aromatic carbocycles. The minimum atomic E-state index is -1.48. The van der Waals surface area contributed by atoms with Gasteiger partial charge in [0.2, 0.25) is 17.7 Å². The fraction of sp³-hybridized carbons (Fsp3) is 0.534. The van der Waals surface area contributed by atoms with Gasteiger partial charge in [-0.2, -0.15) is 0 Å². The molecule has 19 heteroatoms. The van der Waals surface area contributed by atoms with Gasteiger partial charge in [-0.3, -0.25) is 34.0 Å². The number of hydrogen-bond acceptors (Lipinski definition) is 13. The highest BCUT2D eigenvalue weighted by Crippen LogP contribution is 2.51. The molecule has 1 saturated carbocycles. The molecule has 4 aliphatic heterocycles. The summed E-state index contributed by atoms with van der Waals surface area (Å²) >= 11 is -0.0782. The highest BCUT2D eigenvalue weighted by molar-refractivity contribution is 7.89. The van der Waals surface area contributed by atoms with E-state index in [-0.39, 0.29) is 49.5 Å². The van der Waals surface area contributed by atoms with Crippen LogP contribution in [0.15, 0.2) is 71.1 Å². The number of likely N-dealkylation sites (tertiary alicyclic amines) is 1. The minimum Gasteiger partial charge on any atom is -0.593 e. The lowest BCUT2D eigenvalue weighted by Crippen LogP contribution is -2.62. The predicted octanol–water partition coefficient (Wildman–Crippen LogP) is 7.03. The third kappa shape index (κ3) is 11.0. The monoisotopic (exact) mass is 1090 g/mol. The summed E-state index contributed by atoms with van der Waals surface area (Å²) in [5, 5.41) is 8.12. The van der Waals surface area contributed by atoms with E-state index in [1.165, 1.54) is 21.2 Å². The fourth-order valence-electron chi connectivity index (χ4n) is 11.9. The Labute approximate surface area is 458 Å². The zero-order valence-corrected chi connectivity index (χ0v) is 47.4. The van der Waals surface area contributed by atoms with Crippen molar-refractivity contribution in [1.29, 1.82) is 0 Å². The molecule has 410 valence electrons. The van der Waals surface area contributed by atoms with Crippen molar-refractivity contribution in [3.05, 3.63) is 88.0 Å². The van der Waals surface area contributed by atoms with Gasteiger partial charge in [0.05, 0.1) is 58.1 Å². The summed E-state index contributed by atoms with van der Waals surface area (Å²) in [6, 6.07) is 14.5. The lowest BCUT2D eigenvalue weighted by Gasteiger charge is -2.36. The van der Waals surface area contributed by atoms with Crippen LogP contribution in [0.25, 0.3) is 33.4 Å². The lowest BCUT2D eigenvalue weighted by atomic mass is 9.84. The van der Waals surface area contributed by atoms with Gasteiger partial charge in [0.25, 0.3) is 5.91 Å². The normalized spacial score (nSPS) is 24.8. The molecule has 7 heterocycles. The second-order valence-corrected chi connectivity index (χ2v) is 25.2. The molecule has 5 aromatic rings. The molecule has 5 aliphatic rings. The number of nitrogens with one attached hydrogen (secondary N) is 2. The van der Waals surface area contributed by atoms with E-state index < -0.39 is 64.6 Å². The van der Waals surface area contributed by atoms with Gasteiger partial charge >= 0.3 is 5.97 Å². The van der Waals surface area contributed by atoms with Crippen LogP contribution in [-0.2, 0) is 64.2 Å². The molecule has 1 aliphatic carbocycles. The number of fused-ring (bicyclic) bond motifs is 6. The van der Waals surface area contributed by atoms with Crippen LogP contribution in [0.2, 0.25) is 0 Å². The number of nitrogens with zero attached hydrogens (tertiary/aromatic N) is 7. The average molecular weight is 1090 g/mol. The minimum absolute atomic E-state index is 0.0545. The summed E-state index contributed by atoms with van der Waals surface area (Å²) in [6.45, 7) is 15.7. The number of ether oxygens (including phenoxy) is 2. The van der Waals surface area contributed by atoms with E-state index in [1.54, 1.807) is 25.3 Å². The number of methoxy groups -OCH3 is 1. The number of hydrogen-bond donors (Lipinski definition) is 2. The molecule has 77 heavy (non-hydrogen) atoms. The molecule has 10 rings (SSSR count). The van der Waals surface area contributed by atoms with E-state index in [2.05, 4.69) is 60.3 Å². The molecular weight excluding hydrogens is 1010 g/mol. The van der Waals surface area contributed by atoms with Gasteiger partial charge in [0.15, 0.2) is 10.9 Å². The van der Waals surface area contributed by atoms with Crippen LogP contribution in [0.3, 0.4) is 0 Å². The number of amides is 4. The summed E-state index contributed by atoms with van der Waals surface area (Å²) in [7, 11) is 3.30. The molecule has 17 nitrogen and oxygen atoms in total. The van der Waals surface area contributed by atoms with Crippen molar-refractivity contribution in [2.45, 2.75) is 141 Å². The van der Waals surface area contributed by atoms with Crippen molar-refractivity contribution in [1.82, 2.24) is 44.4 Å². The van der Waals surface area contributed by atoms with E-state index in [9.17, 15) is 28.5 Å². The van der Waals surface area contributed by atoms with Crippen LogP contribution in [0, 0.1) is 30.1 Å². The maximum Gasteiger partial charge on any atom is 0.324 e. The summed E-state index contributed by atoms with van der Waals surface area (Å²) in [6.07, 6.45) is 5.54. The highest BCUT2D eigenvalue weighted by atomic mass is 32.2. The maximum absolute atomic E-state index is 14.8. The molecule has 3 aromatic heterocycles. The highest BCUT2D eigenvalue weighted by Gasteiger charge is 2.67. The largest absolute Gasteiger partial charge is 0.593 e. The smallest absolute Gasteiger partial charge is 0.324 e. The molecule has 4 fully saturated rings. The molecule has 2 N–H and O–H groups in total. The maximum atomic E-state index is 14.8. The van der Waals surface area contributed by atoms with Gasteiger partial charge in [0.1, 0.15) is 18.1 Å². The van der Waals surface area contributed by atoms with Crippen molar-refractivity contribution < 1.29 is 38.0 Å². The number of benzene rings is 2. The number of rotatable bonds is 13. The van der Waals surface area contributed by atoms with Crippen LogP contribution >= 0.6 is 11.3 Å². The molecule has 0 radical (unpaired) electrons. The summed E-state index contributed by atoms with van der Waals surface area (Å²) in [5.41, 5.74) is 10.3. The van der Waals surface area contributed by atoms with Crippen LogP contribution in [0.4, 0.5) is 0 Å². The number of carbonyl (C=O) groups is 5. The molecular formula is C58H73N9O8S2. The Balaban J connectivity index is 0.909. The van der Waals surface area contributed by atoms with Crippen LogP contribution in [0.1, 0.15) is 102 Å². The van der Waals surface area contributed by atoms with Gasteiger partial charge in [0, 0.05) is 85.8 Å². The van der Waals surface area contributed by atoms with Gasteiger partial charge in [-0.25, -0.2) is 10.4 Å². The Morgan fingerprint density at radius 3 is 2.53 bits per heavy atom. The van der Waals surface area contributed by atoms with Crippen molar-refractivity contribution >= 4 is 63.2 Å². The molecule has 6 bridgehead atoms. The Morgan fingerprint density at radius 2 is 1.82 bits per heavy atom. The summed E-state index contributed by atoms with van der Waals surface area (Å²) in [5.74, 6) is -2.35. The topological polar surface area (TPSA) is 194 Å². The second-order valence-electron chi connectivity index (χ2n) is 22.9. The number of aryl methyl sites for hydroxylation is 2. The Hall–Kier alpha value is -5.70. The Morgan fingerprint density at radius 1 is 1.05 bits per heavy atom. The van der Waals surface area contributed by atoms with Crippen molar-refractivity contribution in [3.8, 4) is 22.5 Å². The fourth-order valence-corrected chi connectivity index (χ4v) is 14.2.